The van der Waals surface area contributed by atoms with Crippen molar-refractivity contribution in [2.45, 2.75) is 0 Å². The van der Waals surface area contributed by atoms with Crippen LogP contribution in [-0.2, 0) is 0 Å². The van der Waals surface area contributed by atoms with Gasteiger partial charge in [0.15, 0.2) is 0 Å². The molecule has 2 aromatic carbocycles. The van der Waals surface area contributed by atoms with Crippen LogP contribution < -0.4 is 10.7 Å². The Labute approximate surface area is 130 Å². The molecule has 1 aliphatic heterocycles. The summed E-state index contributed by atoms with van der Waals surface area (Å²) in [4.78, 5) is 34.5. The molecule has 0 fully saturated rings. The summed E-state index contributed by atoms with van der Waals surface area (Å²) in [6.07, 6.45) is 0. The largest absolute Gasteiger partial charge is 0.366 e. The number of nitro benzene ring substituents is 1. The minimum Gasteiger partial charge on any atom is -0.366 e. The Balaban J connectivity index is 1.73. The van der Waals surface area contributed by atoms with E-state index in [4.69, 9.17) is 0 Å². The van der Waals surface area contributed by atoms with Crippen LogP contribution in [0.2, 0.25) is 0 Å². The number of nitrogens with zero attached hydrogens (tertiary/aromatic N) is 2. The molecular weight excluding hydrogens is 300 g/mol. The molecule has 0 saturated heterocycles. The molecule has 2 aromatic rings. The molecule has 0 aliphatic carbocycles. The minimum atomic E-state index is -0.545. The van der Waals surface area contributed by atoms with E-state index in [2.05, 4.69) is 10.7 Å². The van der Waals surface area contributed by atoms with E-state index in [0.29, 0.717) is 11.3 Å². The summed E-state index contributed by atoms with van der Waals surface area (Å²) >= 11 is 0. The van der Waals surface area contributed by atoms with E-state index in [-0.39, 0.29) is 23.8 Å². The minimum absolute atomic E-state index is 0.105. The number of rotatable bonds is 3. The lowest BCUT2D eigenvalue weighted by molar-refractivity contribution is -0.384. The number of non-ortho nitro benzene ring substituents is 1. The number of carbonyl (C=O) groups is 2. The van der Waals surface area contributed by atoms with Crippen molar-refractivity contribution < 1.29 is 14.5 Å². The van der Waals surface area contributed by atoms with E-state index >= 15 is 0 Å². The molecule has 0 unspecified atom stereocenters. The summed E-state index contributed by atoms with van der Waals surface area (Å²) in [5, 5.41) is 14.8. The summed E-state index contributed by atoms with van der Waals surface area (Å²) < 4.78 is 0. The van der Waals surface area contributed by atoms with Crippen molar-refractivity contribution >= 4 is 23.2 Å². The van der Waals surface area contributed by atoms with Crippen LogP contribution in [0.3, 0.4) is 0 Å². The lowest BCUT2D eigenvalue weighted by atomic mass is 10.1. The Hall–Kier alpha value is -3.42. The topological polar surface area (TPSA) is 105 Å². The van der Waals surface area contributed by atoms with E-state index in [9.17, 15) is 19.7 Å². The number of nitrogens with one attached hydrogen (secondary N) is 2. The first-order chi connectivity index (χ1) is 11.1. The number of benzene rings is 2. The van der Waals surface area contributed by atoms with Gasteiger partial charge in [0.25, 0.3) is 17.5 Å². The van der Waals surface area contributed by atoms with Gasteiger partial charge in [-0.15, -0.1) is 0 Å². The van der Waals surface area contributed by atoms with Crippen LogP contribution in [0.25, 0.3) is 0 Å². The second-order valence-electron chi connectivity index (χ2n) is 4.86. The van der Waals surface area contributed by atoms with Gasteiger partial charge in [-0.1, -0.05) is 12.1 Å². The fourth-order valence-corrected chi connectivity index (χ4v) is 2.22. The third-order valence-electron chi connectivity index (χ3n) is 3.41. The van der Waals surface area contributed by atoms with Gasteiger partial charge >= 0.3 is 0 Å². The summed E-state index contributed by atoms with van der Waals surface area (Å²) in [6.45, 7) is 0.134. The highest BCUT2D eigenvalue weighted by atomic mass is 16.6. The molecular formula is C15H12N4O4. The van der Waals surface area contributed by atoms with Gasteiger partial charge in [0.1, 0.15) is 6.67 Å². The maximum atomic E-state index is 12.3. The summed E-state index contributed by atoms with van der Waals surface area (Å²) in [5.74, 6) is -0.843. The standard InChI is InChI=1S/C15H12N4O4/c20-14(10-5-7-11(8-6-10)19(22)23)17-18-9-16-13-4-2-1-3-12(13)15(18)21/h1-8,16H,9H2,(H,17,20). The third kappa shape index (κ3) is 2.82. The number of carbonyl (C=O) groups excluding carboxylic acids is 2. The van der Waals surface area contributed by atoms with Gasteiger partial charge in [0.2, 0.25) is 0 Å². The molecule has 8 heteroatoms. The molecule has 2 amide bonds. The number of nitro groups is 1. The van der Waals surface area contributed by atoms with Gasteiger partial charge in [-0.2, -0.15) is 0 Å². The van der Waals surface area contributed by atoms with Gasteiger partial charge in [-0.25, -0.2) is 5.01 Å². The number of para-hydroxylation sites is 1. The first-order valence-electron chi connectivity index (χ1n) is 6.76. The van der Waals surface area contributed by atoms with Crippen molar-refractivity contribution in [3.63, 3.8) is 0 Å². The number of amides is 2. The molecule has 0 radical (unpaired) electrons. The first-order valence-corrected chi connectivity index (χ1v) is 6.76. The predicted octanol–water partition coefficient (Wildman–Crippen LogP) is 1.76. The third-order valence-corrected chi connectivity index (χ3v) is 3.41. The molecule has 1 aliphatic rings. The monoisotopic (exact) mass is 312 g/mol. The number of hydrogen-bond acceptors (Lipinski definition) is 5. The second kappa shape index (κ2) is 5.76. The smallest absolute Gasteiger partial charge is 0.276 e. The van der Waals surface area contributed by atoms with Crippen molar-refractivity contribution in [3.05, 3.63) is 69.8 Å². The van der Waals surface area contributed by atoms with Crippen LogP contribution in [0.1, 0.15) is 20.7 Å². The molecule has 1 heterocycles. The van der Waals surface area contributed by atoms with E-state index in [1.807, 2.05) is 6.07 Å². The van der Waals surface area contributed by atoms with Gasteiger partial charge in [-0.3, -0.25) is 25.1 Å². The van der Waals surface area contributed by atoms with Crippen LogP contribution in [0, 0.1) is 10.1 Å². The Kier molecular flexibility index (Phi) is 3.63. The quantitative estimate of drug-likeness (QED) is 0.664. The summed E-state index contributed by atoms with van der Waals surface area (Å²) in [6, 6.07) is 12.1. The van der Waals surface area contributed by atoms with E-state index < -0.39 is 10.8 Å². The van der Waals surface area contributed by atoms with Crippen molar-refractivity contribution in [1.82, 2.24) is 10.4 Å². The van der Waals surface area contributed by atoms with Gasteiger partial charge in [-0.05, 0) is 24.3 Å². The predicted molar refractivity (Wildman–Crippen MR) is 81.7 cm³/mol. The normalized spacial score (nSPS) is 13.0. The number of anilines is 1. The first kappa shape index (κ1) is 14.5. The SMILES string of the molecule is O=C(NN1CNc2ccccc2C1=O)c1ccc([N+](=O)[O-])cc1. The average Bonchev–Trinajstić information content (AvgIpc) is 2.57. The highest BCUT2D eigenvalue weighted by Crippen LogP contribution is 2.20. The average molecular weight is 312 g/mol. The van der Waals surface area contributed by atoms with Crippen molar-refractivity contribution in [1.29, 1.82) is 0 Å². The van der Waals surface area contributed by atoms with Gasteiger partial charge in [0.05, 0.1) is 10.5 Å². The summed E-state index contributed by atoms with van der Waals surface area (Å²) in [7, 11) is 0. The molecule has 0 bridgehead atoms. The van der Waals surface area contributed by atoms with Crippen LogP contribution in [-0.4, -0.2) is 28.4 Å². The molecule has 0 spiro atoms. The van der Waals surface area contributed by atoms with Crippen molar-refractivity contribution in [2.24, 2.45) is 0 Å². The highest BCUT2D eigenvalue weighted by molar-refractivity contribution is 6.03. The van der Waals surface area contributed by atoms with Crippen LogP contribution in [0.5, 0.6) is 0 Å². The summed E-state index contributed by atoms with van der Waals surface area (Å²) in [5.41, 5.74) is 3.77. The zero-order chi connectivity index (χ0) is 16.4. The molecule has 0 saturated carbocycles. The molecule has 8 nitrogen and oxygen atoms in total. The zero-order valence-corrected chi connectivity index (χ0v) is 11.9. The Bertz CT molecular complexity index is 788. The Morgan fingerprint density at radius 3 is 2.57 bits per heavy atom. The number of hydrazine groups is 1. The van der Waals surface area contributed by atoms with Gasteiger partial charge in [0, 0.05) is 23.4 Å². The Morgan fingerprint density at radius 2 is 1.87 bits per heavy atom. The molecule has 23 heavy (non-hydrogen) atoms. The van der Waals surface area contributed by atoms with E-state index in [1.165, 1.54) is 24.3 Å². The molecule has 0 atom stereocenters. The zero-order valence-electron chi connectivity index (χ0n) is 11.9. The molecule has 116 valence electrons. The lowest BCUT2D eigenvalue weighted by Crippen LogP contribution is -2.51. The van der Waals surface area contributed by atoms with Gasteiger partial charge < -0.3 is 5.32 Å². The van der Waals surface area contributed by atoms with E-state index in [1.54, 1.807) is 18.2 Å². The van der Waals surface area contributed by atoms with Crippen LogP contribution in [0.15, 0.2) is 48.5 Å². The second-order valence-corrected chi connectivity index (χ2v) is 4.86. The van der Waals surface area contributed by atoms with Crippen molar-refractivity contribution in [2.75, 3.05) is 12.0 Å². The number of fused-ring (bicyclic) bond motifs is 1. The van der Waals surface area contributed by atoms with Crippen molar-refractivity contribution in [3.8, 4) is 0 Å². The highest BCUT2D eigenvalue weighted by Gasteiger charge is 2.25. The molecule has 0 aromatic heterocycles. The molecule has 2 N–H and O–H groups in total. The fraction of sp³-hybridized carbons (Fsp3) is 0.0667. The van der Waals surface area contributed by atoms with Crippen LogP contribution in [0.4, 0.5) is 11.4 Å². The maximum absolute atomic E-state index is 12.3. The maximum Gasteiger partial charge on any atom is 0.276 e. The van der Waals surface area contributed by atoms with E-state index in [0.717, 1.165) is 5.01 Å². The Morgan fingerprint density at radius 1 is 1.17 bits per heavy atom. The lowest BCUT2D eigenvalue weighted by Gasteiger charge is -2.29. The van der Waals surface area contributed by atoms with Crippen LogP contribution >= 0.6 is 0 Å². The fourth-order valence-electron chi connectivity index (χ4n) is 2.22. The number of hydrogen-bond donors (Lipinski definition) is 2. The molecule has 3 rings (SSSR count).